The highest BCUT2D eigenvalue weighted by Gasteiger charge is 2.39. The number of fused-ring (bicyclic) bond motifs is 1. The Labute approximate surface area is 195 Å². The third-order valence-corrected chi connectivity index (χ3v) is 6.97. The summed E-state index contributed by atoms with van der Waals surface area (Å²) in [5.41, 5.74) is 11.1. The second-order valence-electron chi connectivity index (χ2n) is 8.95. The molecule has 0 spiro atoms. The number of carbonyl (C=O) groups excluding carboxylic acids is 1. The summed E-state index contributed by atoms with van der Waals surface area (Å²) in [4.78, 5) is 16.7. The first-order valence-corrected chi connectivity index (χ1v) is 11.9. The molecule has 2 aliphatic carbocycles. The Balaban J connectivity index is 1.41. The zero-order valence-electron chi connectivity index (χ0n) is 19.2. The molecule has 3 N–H and O–H groups in total. The van der Waals surface area contributed by atoms with Gasteiger partial charge in [0.2, 0.25) is 0 Å². The lowest BCUT2D eigenvalue weighted by molar-refractivity contribution is 0.235. The molecule has 2 heterocycles. The highest BCUT2D eigenvalue weighted by atomic mass is 16.2. The van der Waals surface area contributed by atoms with Crippen LogP contribution in [0.2, 0.25) is 0 Å². The van der Waals surface area contributed by atoms with Crippen LogP contribution in [-0.4, -0.2) is 17.6 Å². The minimum absolute atomic E-state index is 0.0187. The van der Waals surface area contributed by atoms with Crippen LogP contribution in [0.25, 0.3) is 0 Å². The maximum atomic E-state index is 12.4. The summed E-state index contributed by atoms with van der Waals surface area (Å²) in [6, 6.07) is 14.2. The normalized spacial score (nSPS) is 22.1. The van der Waals surface area contributed by atoms with E-state index < -0.39 is 0 Å². The van der Waals surface area contributed by atoms with E-state index in [1.54, 1.807) is 6.20 Å². The number of aromatic nitrogens is 1. The number of anilines is 1. The maximum absolute atomic E-state index is 12.4. The molecule has 170 valence electrons. The average Bonchev–Trinajstić information content (AvgIpc) is 3.45. The van der Waals surface area contributed by atoms with E-state index in [0.29, 0.717) is 18.4 Å². The average molecular weight is 442 g/mol. The number of amides is 2. The van der Waals surface area contributed by atoms with Gasteiger partial charge < -0.3 is 16.1 Å². The van der Waals surface area contributed by atoms with Gasteiger partial charge in [-0.05, 0) is 61.4 Å². The largest absolute Gasteiger partial charge is 0.338 e. The van der Waals surface area contributed by atoms with Gasteiger partial charge in [-0.2, -0.15) is 0 Å². The number of rotatable bonds is 6. The van der Waals surface area contributed by atoms with Crippen LogP contribution in [0.15, 0.2) is 89.6 Å². The van der Waals surface area contributed by atoms with Crippen molar-refractivity contribution in [3.05, 3.63) is 95.1 Å². The van der Waals surface area contributed by atoms with Gasteiger partial charge in [-0.1, -0.05) is 42.8 Å². The van der Waals surface area contributed by atoms with E-state index in [2.05, 4.69) is 63.5 Å². The Kier molecular flexibility index (Phi) is 5.90. The number of allylic oxidation sites excluding steroid dienone is 4. The van der Waals surface area contributed by atoms with E-state index >= 15 is 0 Å². The number of nitrogens with zero attached hydrogens (tertiary/aromatic N) is 2. The van der Waals surface area contributed by atoms with Crippen LogP contribution < -0.4 is 21.1 Å². The second kappa shape index (κ2) is 9.14. The molecule has 1 unspecified atom stereocenters. The number of benzene rings is 1. The molecule has 1 aliphatic heterocycles. The van der Waals surface area contributed by atoms with Crippen LogP contribution >= 0.6 is 0 Å². The molecule has 0 fully saturated rings. The number of pyridine rings is 1. The number of hydrogen-bond acceptors (Lipinski definition) is 4. The fraction of sp³-hybridized carbons (Fsp3) is 0.333. The highest BCUT2D eigenvalue weighted by molar-refractivity contribution is 5.74. The molecule has 1 aromatic heterocycles. The molecule has 2 amide bonds. The lowest BCUT2D eigenvalue weighted by atomic mass is 9.78. The van der Waals surface area contributed by atoms with Crippen molar-refractivity contribution in [2.75, 3.05) is 11.6 Å². The summed E-state index contributed by atoms with van der Waals surface area (Å²) >= 11 is 0. The first-order valence-electron chi connectivity index (χ1n) is 11.9. The zero-order chi connectivity index (χ0) is 22.8. The van der Waals surface area contributed by atoms with E-state index in [1.807, 2.05) is 37.4 Å². The summed E-state index contributed by atoms with van der Waals surface area (Å²) in [7, 11) is 0. The van der Waals surface area contributed by atoms with Gasteiger partial charge in [0.25, 0.3) is 0 Å². The number of hydrogen-bond donors (Lipinski definition) is 3. The lowest BCUT2D eigenvalue weighted by Crippen LogP contribution is -2.38. The smallest absolute Gasteiger partial charge is 0.315 e. The Morgan fingerprint density at radius 1 is 1.24 bits per heavy atom. The predicted octanol–water partition coefficient (Wildman–Crippen LogP) is 4.98. The summed E-state index contributed by atoms with van der Waals surface area (Å²) in [6.45, 7) is 4.87. The molecule has 0 saturated heterocycles. The Morgan fingerprint density at radius 2 is 2.09 bits per heavy atom. The van der Waals surface area contributed by atoms with Crippen molar-refractivity contribution in [1.29, 1.82) is 0 Å². The van der Waals surface area contributed by atoms with Crippen LogP contribution in [0.4, 0.5) is 10.5 Å². The summed E-state index contributed by atoms with van der Waals surface area (Å²) < 4.78 is 0. The lowest BCUT2D eigenvalue weighted by Gasteiger charge is -2.31. The van der Waals surface area contributed by atoms with E-state index in [-0.39, 0.29) is 12.1 Å². The minimum Gasteiger partial charge on any atom is -0.338 e. The molecule has 5 rings (SSSR count). The SMILES string of the molecule is CCNC(=O)NC(C[C@H]1CCC2=C1[C@@H](C)C1=CNN(c3cccnc3)C1=C2)c1ccccc1. The molecular formula is C27H31N5O. The predicted molar refractivity (Wildman–Crippen MR) is 131 cm³/mol. The third kappa shape index (κ3) is 4.13. The van der Waals surface area contributed by atoms with Crippen molar-refractivity contribution in [2.45, 2.75) is 39.2 Å². The molecule has 0 radical (unpaired) electrons. The van der Waals surface area contributed by atoms with Gasteiger partial charge in [0.15, 0.2) is 0 Å². The van der Waals surface area contributed by atoms with E-state index in [9.17, 15) is 4.79 Å². The molecule has 6 heteroatoms. The van der Waals surface area contributed by atoms with Crippen molar-refractivity contribution in [3.63, 3.8) is 0 Å². The molecular weight excluding hydrogens is 410 g/mol. The molecule has 3 aliphatic rings. The second-order valence-corrected chi connectivity index (χ2v) is 8.95. The molecule has 6 nitrogen and oxygen atoms in total. The number of urea groups is 1. The summed E-state index contributed by atoms with van der Waals surface area (Å²) in [5, 5.41) is 8.23. The molecule has 0 bridgehead atoms. The molecule has 3 atom stereocenters. The van der Waals surface area contributed by atoms with Crippen molar-refractivity contribution in [2.24, 2.45) is 11.8 Å². The highest BCUT2D eigenvalue weighted by Crippen LogP contribution is 2.49. The molecule has 2 aromatic rings. The summed E-state index contributed by atoms with van der Waals surface area (Å²) in [6.07, 6.45) is 11.3. The van der Waals surface area contributed by atoms with E-state index in [4.69, 9.17) is 0 Å². The Hall–Kier alpha value is -3.54. The minimum atomic E-state index is -0.104. The van der Waals surface area contributed by atoms with Crippen molar-refractivity contribution in [3.8, 4) is 0 Å². The number of carbonyl (C=O) groups is 1. The van der Waals surface area contributed by atoms with Gasteiger partial charge in [-0.3, -0.25) is 9.99 Å². The van der Waals surface area contributed by atoms with Crippen molar-refractivity contribution < 1.29 is 4.79 Å². The van der Waals surface area contributed by atoms with Gasteiger partial charge in [0.1, 0.15) is 0 Å². The van der Waals surface area contributed by atoms with Crippen LogP contribution in [0.5, 0.6) is 0 Å². The molecule has 33 heavy (non-hydrogen) atoms. The quantitative estimate of drug-likeness (QED) is 0.591. The monoisotopic (exact) mass is 441 g/mol. The Morgan fingerprint density at radius 3 is 2.85 bits per heavy atom. The summed E-state index contributed by atoms with van der Waals surface area (Å²) in [5.74, 6) is 0.774. The first kappa shape index (κ1) is 21.3. The van der Waals surface area contributed by atoms with Crippen LogP contribution in [0.3, 0.4) is 0 Å². The van der Waals surface area contributed by atoms with Crippen molar-refractivity contribution >= 4 is 11.7 Å². The zero-order valence-corrected chi connectivity index (χ0v) is 19.2. The van der Waals surface area contributed by atoms with Crippen LogP contribution in [0, 0.1) is 11.8 Å². The fourth-order valence-electron chi connectivity index (χ4n) is 5.48. The van der Waals surface area contributed by atoms with E-state index in [1.165, 1.54) is 22.4 Å². The third-order valence-electron chi connectivity index (χ3n) is 6.97. The van der Waals surface area contributed by atoms with Gasteiger partial charge in [-0.15, -0.1) is 0 Å². The standard InChI is InChI=1S/C27H31N5O/c1-3-29-27(33)31-24(19-8-5-4-6-9-19)14-20-11-12-21-15-25-23(18(2)26(20)21)17-30-32(25)22-10-7-13-28-16-22/h4-10,13,15-18,20,24,30H,3,11-12,14H2,1-2H3,(H2,29,31,33)/t18-,20+,24?/m0/s1. The van der Waals surface area contributed by atoms with Crippen LogP contribution in [0.1, 0.15) is 44.7 Å². The van der Waals surface area contributed by atoms with Gasteiger partial charge in [0, 0.05) is 30.4 Å². The van der Waals surface area contributed by atoms with Crippen molar-refractivity contribution in [1.82, 2.24) is 21.0 Å². The molecule has 0 saturated carbocycles. The first-order chi connectivity index (χ1) is 16.2. The van der Waals surface area contributed by atoms with Crippen LogP contribution in [-0.2, 0) is 0 Å². The number of nitrogens with one attached hydrogen (secondary N) is 3. The van der Waals surface area contributed by atoms with Gasteiger partial charge in [-0.25, -0.2) is 4.79 Å². The van der Waals surface area contributed by atoms with E-state index in [0.717, 1.165) is 30.5 Å². The number of hydrazine groups is 1. The van der Waals surface area contributed by atoms with Gasteiger partial charge >= 0.3 is 6.03 Å². The topological polar surface area (TPSA) is 69.3 Å². The fourth-order valence-corrected chi connectivity index (χ4v) is 5.48. The maximum Gasteiger partial charge on any atom is 0.315 e. The molecule has 1 aromatic carbocycles. The van der Waals surface area contributed by atoms with Gasteiger partial charge in [0.05, 0.1) is 23.6 Å². The Bertz CT molecular complexity index is 1110.